The number of aryl methyl sites for hydroxylation is 3. The van der Waals surface area contributed by atoms with Gasteiger partial charge in [-0.05, 0) is 20.8 Å². The molecule has 20 heavy (non-hydrogen) atoms. The smallest absolute Gasteiger partial charge is 0.347 e. The summed E-state index contributed by atoms with van der Waals surface area (Å²) >= 11 is 1.19. The summed E-state index contributed by atoms with van der Waals surface area (Å²) in [5, 5.41) is 13.5. The van der Waals surface area contributed by atoms with E-state index in [9.17, 15) is 4.79 Å². The third-order valence-electron chi connectivity index (χ3n) is 3.52. The quantitative estimate of drug-likeness (QED) is 0.786. The molecule has 7 heteroatoms. The summed E-state index contributed by atoms with van der Waals surface area (Å²) in [5.74, 6) is -0.909. The molecule has 1 N–H and O–H groups in total. The van der Waals surface area contributed by atoms with Crippen molar-refractivity contribution in [3.8, 4) is 11.3 Å². The predicted octanol–water partition coefficient (Wildman–Crippen LogP) is 2.42. The van der Waals surface area contributed by atoms with Gasteiger partial charge in [-0.15, -0.1) is 0 Å². The van der Waals surface area contributed by atoms with Crippen LogP contribution >= 0.6 is 11.3 Å². The van der Waals surface area contributed by atoms with Gasteiger partial charge in [0.1, 0.15) is 4.88 Å². The highest BCUT2D eigenvalue weighted by atomic mass is 32.1. The van der Waals surface area contributed by atoms with Crippen molar-refractivity contribution in [3.05, 3.63) is 28.2 Å². The Kier molecular flexibility index (Phi) is 2.68. The van der Waals surface area contributed by atoms with Crippen molar-refractivity contribution in [1.29, 1.82) is 0 Å². The van der Waals surface area contributed by atoms with Gasteiger partial charge in [0, 0.05) is 30.2 Å². The standard InChI is InChI=1S/C13H14N4O2S/c1-6-10(7(2)16(4)15-6)9-5-17-8(3)11(12(18)19)20-13(17)14-9/h5H,1-4H3,(H,18,19). The van der Waals surface area contributed by atoms with Crippen LogP contribution in [0.2, 0.25) is 0 Å². The number of hydrogen-bond donors (Lipinski definition) is 1. The van der Waals surface area contributed by atoms with Crippen LogP contribution in [-0.4, -0.2) is 30.2 Å². The van der Waals surface area contributed by atoms with Crippen molar-refractivity contribution < 1.29 is 9.90 Å². The van der Waals surface area contributed by atoms with Crippen LogP contribution in [0.25, 0.3) is 16.2 Å². The molecule has 0 aliphatic carbocycles. The Balaban J connectivity index is 2.22. The SMILES string of the molecule is Cc1nn(C)c(C)c1-c1cn2c(C)c(C(=O)O)sc2n1. The molecule has 0 fully saturated rings. The Morgan fingerprint density at radius 2 is 2.00 bits per heavy atom. The van der Waals surface area contributed by atoms with E-state index in [1.54, 1.807) is 6.92 Å². The van der Waals surface area contributed by atoms with Crippen LogP contribution in [-0.2, 0) is 7.05 Å². The van der Waals surface area contributed by atoms with Crippen molar-refractivity contribution >= 4 is 22.3 Å². The highest BCUT2D eigenvalue weighted by Crippen LogP contribution is 2.30. The van der Waals surface area contributed by atoms with Gasteiger partial charge in [0.15, 0.2) is 4.96 Å². The van der Waals surface area contributed by atoms with E-state index in [1.165, 1.54) is 11.3 Å². The molecule has 3 heterocycles. The van der Waals surface area contributed by atoms with Crippen LogP contribution in [0, 0.1) is 20.8 Å². The summed E-state index contributed by atoms with van der Waals surface area (Å²) < 4.78 is 3.66. The number of aromatic carboxylic acids is 1. The van der Waals surface area contributed by atoms with Crippen molar-refractivity contribution in [3.63, 3.8) is 0 Å². The molecule has 0 saturated heterocycles. The summed E-state index contributed by atoms with van der Waals surface area (Å²) in [6, 6.07) is 0. The normalized spacial score (nSPS) is 11.4. The first kappa shape index (κ1) is 12.9. The average molecular weight is 290 g/mol. The second-order valence-electron chi connectivity index (χ2n) is 4.77. The fourth-order valence-electron chi connectivity index (χ4n) is 2.41. The number of carbonyl (C=O) groups is 1. The summed E-state index contributed by atoms with van der Waals surface area (Å²) in [5.41, 5.74) is 4.52. The maximum Gasteiger partial charge on any atom is 0.347 e. The van der Waals surface area contributed by atoms with E-state index in [0.717, 1.165) is 22.6 Å². The fraction of sp³-hybridized carbons (Fsp3) is 0.308. The zero-order valence-corrected chi connectivity index (χ0v) is 12.4. The predicted molar refractivity (Wildman–Crippen MR) is 76.4 cm³/mol. The zero-order chi connectivity index (χ0) is 14.6. The van der Waals surface area contributed by atoms with Crippen molar-refractivity contribution in [1.82, 2.24) is 19.2 Å². The molecule has 3 rings (SSSR count). The van der Waals surface area contributed by atoms with E-state index in [0.29, 0.717) is 15.5 Å². The molecule has 0 aliphatic rings. The molecule has 0 saturated carbocycles. The average Bonchev–Trinajstić information content (AvgIpc) is 2.96. The number of rotatable bonds is 2. The molecule has 0 radical (unpaired) electrons. The minimum atomic E-state index is -0.909. The number of nitrogens with zero attached hydrogens (tertiary/aromatic N) is 4. The third kappa shape index (κ3) is 1.66. The minimum Gasteiger partial charge on any atom is -0.477 e. The van der Waals surface area contributed by atoms with Gasteiger partial charge in [-0.3, -0.25) is 9.08 Å². The van der Waals surface area contributed by atoms with Crippen molar-refractivity contribution in [2.24, 2.45) is 7.05 Å². The van der Waals surface area contributed by atoms with Gasteiger partial charge in [0.05, 0.1) is 11.4 Å². The maximum absolute atomic E-state index is 11.1. The van der Waals surface area contributed by atoms with Crippen LogP contribution in [0.3, 0.4) is 0 Å². The number of imidazole rings is 1. The number of hydrogen-bond acceptors (Lipinski definition) is 4. The Morgan fingerprint density at radius 1 is 1.30 bits per heavy atom. The monoisotopic (exact) mass is 290 g/mol. The Morgan fingerprint density at radius 3 is 2.50 bits per heavy atom. The van der Waals surface area contributed by atoms with Crippen LogP contribution in [0.1, 0.15) is 26.8 Å². The molecule has 0 atom stereocenters. The van der Waals surface area contributed by atoms with E-state index in [-0.39, 0.29) is 0 Å². The first-order valence-electron chi connectivity index (χ1n) is 6.12. The molecular formula is C13H14N4O2S. The highest BCUT2D eigenvalue weighted by Gasteiger charge is 2.20. The van der Waals surface area contributed by atoms with Crippen LogP contribution in [0.15, 0.2) is 6.20 Å². The van der Waals surface area contributed by atoms with Gasteiger partial charge >= 0.3 is 5.97 Å². The lowest BCUT2D eigenvalue weighted by Gasteiger charge is -1.97. The van der Waals surface area contributed by atoms with Gasteiger partial charge in [0.2, 0.25) is 0 Å². The van der Waals surface area contributed by atoms with Gasteiger partial charge in [0.25, 0.3) is 0 Å². The number of carboxylic acid groups (broad SMARTS) is 1. The molecule has 0 aromatic carbocycles. The van der Waals surface area contributed by atoms with Crippen LogP contribution < -0.4 is 0 Å². The first-order chi connectivity index (χ1) is 9.40. The number of thiazole rings is 1. The van der Waals surface area contributed by atoms with Crippen LogP contribution in [0.5, 0.6) is 0 Å². The van der Waals surface area contributed by atoms with Gasteiger partial charge in [-0.2, -0.15) is 5.10 Å². The first-order valence-corrected chi connectivity index (χ1v) is 6.94. The maximum atomic E-state index is 11.1. The largest absolute Gasteiger partial charge is 0.477 e. The molecule has 0 bridgehead atoms. The molecule has 3 aromatic heterocycles. The van der Waals surface area contributed by atoms with Gasteiger partial charge in [-0.1, -0.05) is 11.3 Å². The van der Waals surface area contributed by atoms with E-state index < -0.39 is 5.97 Å². The summed E-state index contributed by atoms with van der Waals surface area (Å²) in [4.78, 5) is 16.7. The lowest BCUT2D eigenvalue weighted by Crippen LogP contribution is -1.96. The third-order valence-corrected chi connectivity index (χ3v) is 4.66. The van der Waals surface area contributed by atoms with Crippen molar-refractivity contribution in [2.45, 2.75) is 20.8 Å². The van der Waals surface area contributed by atoms with E-state index in [1.807, 2.05) is 36.2 Å². The van der Waals surface area contributed by atoms with Crippen LogP contribution in [0.4, 0.5) is 0 Å². The lowest BCUT2D eigenvalue weighted by atomic mass is 10.1. The zero-order valence-electron chi connectivity index (χ0n) is 11.6. The highest BCUT2D eigenvalue weighted by molar-refractivity contribution is 7.19. The molecule has 0 spiro atoms. The topological polar surface area (TPSA) is 72.4 Å². The Bertz CT molecular complexity index is 840. The molecule has 3 aromatic rings. The summed E-state index contributed by atoms with van der Waals surface area (Å²) in [7, 11) is 1.90. The second kappa shape index (κ2) is 4.17. The molecule has 104 valence electrons. The van der Waals surface area contributed by atoms with Gasteiger partial charge < -0.3 is 5.11 Å². The van der Waals surface area contributed by atoms with Gasteiger partial charge in [-0.25, -0.2) is 9.78 Å². The van der Waals surface area contributed by atoms with E-state index in [2.05, 4.69) is 10.1 Å². The van der Waals surface area contributed by atoms with Crippen molar-refractivity contribution in [2.75, 3.05) is 0 Å². The number of aromatic nitrogens is 4. The molecule has 6 nitrogen and oxygen atoms in total. The summed E-state index contributed by atoms with van der Waals surface area (Å²) in [6.07, 6.45) is 1.88. The Labute approximate surface area is 119 Å². The van der Waals surface area contributed by atoms with E-state index >= 15 is 0 Å². The molecule has 0 aliphatic heterocycles. The minimum absolute atomic E-state index is 0.332. The number of fused-ring (bicyclic) bond motifs is 1. The summed E-state index contributed by atoms with van der Waals surface area (Å²) in [6.45, 7) is 5.74. The Hall–Kier alpha value is -2.15. The fourth-order valence-corrected chi connectivity index (χ4v) is 3.36. The molecule has 0 amide bonds. The molecular weight excluding hydrogens is 276 g/mol. The second-order valence-corrected chi connectivity index (χ2v) is 5.75. The van der Waals surface area contributed by atoms with E-state index in [4.69, 9.17) is 5.11 Å². The lowest BCUT2D eigenvalue weighted by molar-refractivity contribution is 0.0701. The molecule has 0 unspecified atom stereocenters. The number of carboxylic acids is 1.